The fraction of sp³-hybridized carbons (Fsp3) is 0.238. The van der Waals surface area contributed by atoms with Crippen molar-refractivity contribution in [2.24, 2.45) is 0 Å². The molecule has 1 amide bonds. The monoisotopic (exact) mass is 375 g/mol. The Bertz CT molecular complexity index is 1180. The zero-order valence-corrected chi connectivity index (χ0v) is 15.4. The van der Waals surface area contributed by atoms with Crippen LogP contribution < -0.4 is 10.9 Å². The van der Waals surface area contributed by atoms with Crippen LogP contribution in [0, 0.1) is 0 Å². The molecule has 7 nitrogen and oxygen atoms in total. The summed E-state index contributed by atoms with van der Waals surface area (Å²) >= 11 is 0. The first kappa shape index (κ1) is 17.9. The van der Waals surface area contributed by atoms with E-state index in [0.29, 0.717) is 36.8 Å². The maximum atomic E-state index is 12.4. The maximum Gasteiger partial charge on any atom is 0.277 e. The molecule has 28 heavy (non-hydrogen) atoms. The van der Waals surface area contributed by atoms with Crippen molar-refractivity contribution < 1.29 is 4.79 Å². The molecule has 1 N–H and O–H groups in total. The average Bonchev–Trinajstić information content (AvgIpc) is 3.13. The van der Waals surface area contributed by atoms with Crippen LogP contribution >= 0.6 is 0 Å². The molecule has 4 rings (SSSR count). The van der Waals surface area contributed by atoms with Crippen LogP contribution in [0.5, 0.6) is 0 Å². The van der Waals surface area contributed by atoms with Crippen LogP contribution in [0.25, 0.3) is 21.8 Å². The van der Waals surface area contributed by atoms with Crippen LogP contribution in [-0.4, -0.2) is 32.0 Å². The number of amides is 1. The Morgan fingerprint density at radius 2 is 1.82 bits per heavy atom. The number of aromatic nitrogens is 4. The summed E-state index contributed by atoms with van der Waals surface area (Å²) in [6.07, 6.45) is 2.90. The fourth-order valence-electron chi connectivity index (χ4n) is 3.30. The number of rotatable bonds is 7. The Kier molecular flexibility index (Phi) is 5.14. The molecule has 0 atom stereocenters. The van der Waals surface area contributed by atoms with Gasteiger partial charge in [0.1, 0.15) is 5.52 Å². The number of para-hydroxylation sites is 1. The Labute approximate surface area is 161 Å². The van der Waals surface area contributed by atoms with E-state index >= 15 is 0 Å². The molecule has 2 aromatic carbocycles. The molecule has 0 unspecified atom stereocenters. The van der Waals surface area contributed by atoms with Gasteiger partial charge >= 0.3 is 0 Å². The van der Waals surface area contributed by atoms with Crippen molar-refractivity contribution in [1.82, 2.24) is 24.9 Å². The molecule has 7 heteroatoms. The van der Waals surface area contributed by atoms with Crippen molar-refractivity contribution in [2.75, 3.05) is 6.54 Å². The summed E-state index contributed by atoms with van der Waals surface area (Å²) in [5.74, 6) is -0.0294. The van der Waals surface area contributed by atoms with E-state index in [9.17, 15) is 9.59 Å². The van der Waals surface area contributed by atoms with Gasteiger partial charge in [-0.2, -0.15) is 0 Å². The molecule has 2 aromatic heterocycles. The van der Waals surface area contributed by atoms with Crippen molar-refractivity contribution in [1.29, 1.82) is 0 Å². The summed E-state index contributed by atoms with van der Waals surface area (Å²) in [7, 11) is 0. The van der Waals surface area contributed by atoms with Crippen molar-refractivity contribution >= 4 is 27.7 Å². The summed E-state index contributed by atoms with van der Waals surface area (Å²) in [5, 5.41) is 12.7. The minimum atomic E-state index is -0.175. The largest absolute Gasteiger partial charge is 0.354 e. The summed E-state index contributed by atoms with van der Waals surface area (Å²) in [6.45, 7) is 1.65. The second kappa shape index (κ2) is 8.04. The van der Waals surface area contributed by atoms with Gasteiger partial charge in [0.25, 0.3) is 5.56 Å². The van der Waals surface area contributed by atoms with Gasteiger partial charge in [-0.1, -0.05) is 35.5 Å². The standard InChI is InChI=1S/C21H21N5O2/c27-20(22-12-15-25-14-11-16-6-1-4-9-19(16)25)10-5-13-26-21(28)17-7-2-3-8-18(17)23-24-26/h1-4,6-9,11,14H,5,10,12-13,15H2,(H,22,27). The van der Waals surface area contributed by atoms with E-state index in [4.69, 9.17) is 0 Å². The first-order chi connectivity index (χ1) is 13.7. The normalized spacial score (nSPS) is 11.1. The van der Waals surface area contributed by atoms with Crippen molar-refractivity contribution in [3.63, 3.8) is 0 Å². The molecule has 0 aliphatic rings. The van der Waals surface area contributed by atoms with Crippen molar-refractivity contribution in [2.45, 2.75) is 25.9 Å². The van der Waals surface area contributed by atoms with Crippen LogP contribution in [0.1, 0.15) is 12.8 Å². The van der Waals surface area contributed by atoms with E-state index in [0.717, 1.165) is 12.1 Å². The molecule has 0 saturated carbocycles. The lowest BCUT2D eigenvalue weighted by atomic mass is 10.2. The predicted molar refractivity (Wildman–Crippen MR) is 108 cm³/mol. The topological polar surface area (TPSA) is 81.8 Å². The average molecular weight is 375 g/mol. The fourth-order valence-corrected chi connectivity index (χ4v) is 3.30. The van der Waals surface area contributed by atoms with E-state index in [1.54, 1.807) is 18.2 Å². The summed E-state index contributed by atoms with van der Waals surface area (Å²) in [5.41, 5.74) is 1.57. The van der Waals surface area contributed by atoms with E-state index in [1.165, 1.54) is 10.1 Å². The molecular weight excluding hydrogens is 354 g/mol. The molecule has 2 heterocycles. The first-order valence-corrected chi connectivity index (χ1v) is 9.35. The van der Waals surface area contributed by atoms with Crippen LogP contribution in [0.2, 0.25) is 0 Å². The van der Waals surface area contributed by atoms with E-state index in [1.807, 2.05) is 24.4 Å². The van der Waals surface area contributed by atoms with Gasteiger partial charge in [0.15, 0.2) is 0 Å². The Morgan fingerprint density at radius 1 is 1.00 bits per heavy atom. The number of nitrogens with one attached hydrogen (secondary N) is 1. The van der Waals surface area contributed by atoms with Gasteiger partial charge in [0.05, 0.1) is 5.39 Å². The van der Waals surface area contributed by atoms with E-state index in [2.05, 4.69) is 38.4 Å². The quantitative estimate of drug-likeness (QED) is 0.538. The van der Waals surface area contributed by atoms with E-state index in [-0.39, 0.29) is 11.5 Å². The number of fused-ring (bicyclic) bond motifs is 2. The van der Waals surface area contributed by atoms with Crippen LogP contribution in [0.15, 0.2) is 65.6 Å². The van der Waals surface area contributed by atoms with Crippen LogP contribution in [0.3, 0.4) is 0 Å². The number of carbonyl (C=O) groups excluding carboxylic acids is 1. The highest BCUT2D eigenvalue weighted by atomic mass is 16.1. The second-order valence-electron chi connectivity index (χ2n) is 6.66. The number of nitrogens with zero attached hydrogens (tertiary/aromatic N) is 4. The van der Waals surface area contributed by atoms with Gasteiger partial charge in [-0.05, 0) is 36.1 Å². The van der Waals surface area contributed by atoms with Crippen LogP contribution in [0.4, 0.5) is 0 Å². The molecule has 0 aliphatic carbocycles. The number of hydrogen-bond donors (Lipinski definition) is 1. The third kappa shape index (κ3) is 3.78. The summed E-state index contributed by atoms with van der Waals surface area (Å²) < 4.78 is 3.45. The van der Waals surface area contributed by atoms with Gasteiger partial charge in [0.2, 0.25) is 5.91 Å². The minimum absolute atomic E-state index is 0.0294. The SMILES string of the molecule is O=C(CCCn1nnc2ccccc2c1=O)NCCn1ccc2ccccc21. The highest BCUT2D eigenvalue weighted by molar-refractivity contribution is 5.80. The predicted octanol–water partition coefficient (Wildman–Crippen LogP) is 2.34. The van der Waals surface area contributed by atoms with Gasteiger partial charge < -0.3 is 9.88 Å². The number of hydrogen-bond acceptors (Lipinski definition) is 4. The van der Waals surface area contributed by atoms with Gasteiger partial charge in [-0.3, -0.25) is 9.59 Å². The molecule has 0 spiro atoms. The Hall–Kier alpha value is -3.48. The molecule has 0 bridgehead atoms. The lowest BCUT2D eigenvalue weighted by Gasteiger charge is -2.08. The molecular formula is C21H21N5O2. The molecule has 0 radical (unpaired) electrons. The number of carbonyl (C=O) groups is 1. The molecule has 0 aliphatic heterocycles. The van der Waals surface area contributed by atoms with Gasteiger partial charge in [0, 0.05) is 37.8 Å². The lowest BCUT2D eigenvalue weighted by molar-refractivity contribution is -0.121. The van der Waals surface area contributed by atoms with Crippen molar-refractivity contribution in [3.05, 3.63) is 71.1 Å². The number of aryl methyl sites for hydroxylation is 1. The molecule has 0 fully saturated rings. The highest BCUT2D eigenvalue weighted by Gasteiger charge is 2.07. The Morgan fingerprint density at radius 3 is 2.75 bits per heavy atom. The number of benzene rings is 2. The highest BCUT2D eigenvalue weighted by Crippen LogP contribution is 2.14. The third-order valence-electron chi connectivity index (χ3n) is 4.76. The summed E-state index contributed by atoms with van der Waals surface area (Å²) in [4.78, 5) is 24.5. The minimum Gasteiger partial charge on any atom is -0.354 e. The van der Waals surface area contributed by atoms with Gasteiger partial charge in [-0.15, -0.1) is 5.10 Å². The summed E-state index contributed by atoms with van der Waals surface area (Å²) in [6, 6.07) is 17.4. The van der Waals surface area contributed by atoms with Crippen LogP contribution in [-0.2, 0) is 17.9 Å². The molecule has 142 valence electrons. The zero-order chi connectivity index (χ0) is 19.3. The smallest absolute Gasteiger partial charge is 0.277 e. The maximum absolute atomic E-state index is 12.4. The lowest BCUT2D eigenvalue weighted by Crippen LogP contribution is -2.28. The van der Waals surface area contributed by atoms with Crippen molar-refractivity contribution in [3.8, 4) is 0 Å². The molecule has 0 saturated heterocycles. The van der Waals surface area contributed by atoms with E-state index < -0.39 is 0 Å². The second-order valence-corrected chi connectivity index (χ2v) is 6.66. The first-order valence-electron chi connectivity index (χ1n) is 9.35. The molecule has 4 aromatic rings. The van der Waals surface area contributed by atoms with Gasteiger partial charge in [-0.25, -0.2) is 4.68 Å². The zero-order valence-electron chi connectivity index (χ0n) is 15.4. The Balaban J connectivity index is 1.26. The third-order valence-corrected chi connectivity index (χ3v) is 4.76.